The Labute approximate surface area is 167 Å². The van der Waals surface area contributed by atoms with Gasteiger partial charge in [-0.05, 0) is 43.4 Å². The van der Waals surface area contributed by atoms with Crippen molar-refractivity contribution in [2.24, 2.45) is 0 Å². The van der Waals surface area contributed by atoms with Gasteiger partial charge in [0.1, 0.15) is 0 Å². The van der Waals surface area contributed by atoms with E-state index in [-0.39, 0.29) is 0 Å². The fourth-order valence-corrected chi connectivity index (χ4v) is 3.97. The van der Waals surface area contributed by atoms with E-state index in [1.807, 2.05) is 0 Å². The first-order chi connectivity index (χ1) is 13.3. The maximum atomic E-state index is 5.18. The SMILES string of the molecule is Cc1cc(C)cc(-c2cc3ccc4ccc(C(C)C)nc4c3nc2C(C)C)c1. The molecule has 0 saturated heterocycles. The molecular weight excluding hydrogens is 340 g/mol. The van der Waals surface area contributed by atoms with Gasteiger partial charge in [-0.15, -0.1) is 0 Å². The van der Waals surface area contributed by atoms with E-state index in [1.165, 1.54) is 22.3 Å². The Morgan fingerprint density at radius 2 is 1.25 bits per heavy atom. The van der Waals surface area contributed by atoms with Crippen molar-refractivity contribution in [3.05, 3.63) is 71.0 Å². The molecule has 2 nitrogen and oxygen atoms in total. The number of aromatic nitrogens is 2. The van der Waals surface area contributed by atoms with Crippen LogP contribution in [0.5, 0.6) is 0 Å². The molecule has 0 fully saturated rings. The lowest BCUT2D eigenvalue weighted by atomic mass is 9.93. The number of nitrogens with zero attached hydrogens (tertiary/aromatic N) is 2. The zero-order chi connectivity index (χ0) is 20.0. The van der Waals surface area contributed by atoms with Gasteiger partial charge in [-0.1, -0.05) is 75.2 Å². The number of benzene rings is 2. The molecule has 0 spiro atoms. The van der Waals surface area contributed by atoms with E-state index in [0.29, 0.717) is 11.8 Å². The minimum absolute atomic E-state index is 0.337. The Bertz CT molecular complexity index is 1170. The van der Waals surface area contributed by atoms with Gasteiger partial charge in [0.2, 0.25) is 0 Å². The van der Waals surface area contributed by atoms with Crippen molar-refractivity contribution in [3.63, 3.8) is 0 Å². The van der Waals surface area contributed by atoms with Crippen LogP contribution in [-0.4, -0.2) is 9.97 Å². The van der Waals surface area contributed by atoms with Crippen molar-refractivity contribution in [2.75, 3.05) is 0 Å². The van der Waals surface area contributed by atoms with E-state index >= 15 is 0 Å². The average Bonchev–Trinajstić information content (AvgIpc) is 2.65. The molecule has 0 aliphatic carbocycles. The predicted molar refractivity (Wildman–Crippen MR) is 120 cm³/mol. The van der Waals surface area contributed by atoms with Crippen LogP contribution in [0.4, 0.5) is 0 Å². The number of hydrogen-bond donors (Lipinski definition) is 0. The number of aryl methyl sites for hydroxylation is 2. The third kappa shape index (κ3) is 3.28. The molecule has 2 heteroatoms. The maximum Gasteiger partial charge on any atom is 0.0968 e. The molecule has 0 aliphatic rings. The normalized spacial score (nSPS) is 11.9. The van der Waals surface area contributed by atoms with Gasteiger partial charge in [0.15, 0.2) is 0 Å². The highest BCUT2D eigenvalue weighted by Gasteiger charge is 2.15. The molecule has 0 amide bonds. The van der Waals surface area contributed by atoms with E-state index in [0.717, 1.165) is 33.2 Å². The maximum absolute atomic E-state index is 5.18. The van der Waals surface area contributed by atoms with Gasteiger partial charge in [-0.3, -0.25) is 4.98 Å². The van der Waals surface area contributed by atoms with Crippen LogP contribution in [0.25, 0.3) is 32.9 Å². The first-order valence-electron chi connectivity index (χ1n) is 10.2. The Hall–Kier alpha value is -2.74. The van der Waals surface area contributed by atoms with Crippen molar-refractivity contribution in [1.29, 1.82) is 0 Å². The van der Waals surface area contributed by atoms with Crippen LogP contribution in [-0.2, 0) is 0 Å². The summed E-state index contributed by atoms with van der Waals surface area (Å²) in [4.78, 5) is 10.1. The van der Waals surface area contributed by atoms with Crippen LogP contribution < -0.4 is 0 Å². The largest absolute Gasteiger partial charge is 0.250 e. The molecule has 0 atom stereocenters. The number of pyridine rings is 2. The molecule has 0 saturated carbocycles. The topological polar surface area (TPSA) is 25.8 Å². The first kappa shape index (κ1) is 18.6. The number of fused-ring (bicyclic) bond motifs is 3. The monoisotopic (exact) mass is 368 g/mol. The van der Waals surface area contributed by atoms with E-state index in [9.17, 15) is 0 Å². The highest BCUT2D eigenvalue weighted by molar-refractivity contribution is 6.04. The highest BCUT2D eigenvalue weighted by atomic mass is 14.8. The molecular formula is C26H28N2. The lowest BCUT2D eigenvalue weighted by Crippen LogP contribution is -2.00. The third-order valence-electron chi connectivity index (χ3n) is 5.37. The number of rotatable bonds is 3. The summed E-state index contributed by atoms with van der Waals surface area (Å²) < 4.78 is 0. The van der Waals surface area contributed by atoms with Gasteiger partial charge in [0.05, 0.1) is 16.7 Å². The second kappa shape index (κ2) is 7.01. The minimum atomic E-state index is 0.337. The first-order valence-corrected chi connectivity index (χ1v) is 10.2. The summed E-state index contributed by atoms with van der Waals surface area (Å²) in [7, 11) is 0. The van der Waals surface area contributed by atoms with Gasteiger partial charge >= 0.3 is 0 Å². The lowest BCUT2D eigenvalue weighted by Gasteiger charge is -2.16. The van der Waals surface area contributed by atoms with Crippen molar-refractivity contribution in [3.8, 4) is 11.1 Å². The van der Waals surface area contributed by atoms with E-state index in [4.69, 9.17) is 9.97 Å². The summed E-state index contributed by atoms with van der Waals surface area (Å²) in [6.45, 7) is 13.1. The van der Waals surface area contributed by atoms with Crippen LogP contribution in [0.2, 0.25) is 0 Å². The van der Waals surface area contributed by atoms with Gasteiger partial charge in [-0.2, -0.15) is 0 Å². The highest BCUT2D eigenvalue weighted by Crippen LogP contribution is 2.34. The van der Waals surface area contributed by atoms with Crippen LogP contribution in [0.15, 0.2) is 48.5 Å². The van der Waals surface area contributed by atoms with Crippen LogP contribution in [0, 0.1) is 13.8 Å². The molecule has 0 radical (unpaired) electrons. The summed E-state index contributed by atoms with van der Waals surface area (Å²) in [5.74, 6) is 0.738. The molecule has 28 heavy (non-hydrogen) atoms. The Morgan fingerprint density at radius 1 is 0.643 bits per heavy atom. The predicted octanol–water partition coefficient (Wildman–Crippen LogP) is 7.31. The molecule has 2 aromatic carbocycles. The summed E-state index contributed by atoms with van der Waals surface area (Å²) in [6, 6.07) is 17.7. The Kier molecular flexibility index (Phi) is 4.66. The van der Waals surface area contributed by atoms with Gasteiger partial charge < -0.3 is 0 Å². The summed E-state index contributed by atoms with van der Waals surface area (Å²) in [5, 5.41) is 2.30. The van der Waals surface area contributed by atoms with Crippen LogP contribution in [0.1, 0.15) is 62.0 Å². The zero-order valence-corrected chi connectivity index (χ0v) is 17.7. The van der Waals surface area contributed by atoms with Gasteiger partial charge in [0.25, 0.3) is 0 Å². The standard InChI is InChI=1S/C26H28N2/c1-15(2)23-10-9-19-7-8-20-14-22(21-12-17(5)11-18(6)13-21)24(16(3)4)28-26(20)25(19)27-23/h7-16H,1-6H3. The summed E-state index contributed by atoms with van der Waals surface area (Å²) >= 11 is 0. The van der Waals surface area contributed by atoms with Crippen molar-refractivity contribution in [1.82, 2.24) is 9.97 Å². The Morgan fingerprint density at radius 3 is 1.89 bits per heavy atom. The van der Waals surface area contributed by atoms with Crippen molar-refractivity contribution < 1.29 is 0 Å². The zero-order valence-electron chi connectivity index (χ0n) is 17.7. The fourth-order valence-electron chi connectivity index (χ4n) is 3.97. The van der Waals surface area contributed by atoms with E-state index in [2.05, 4.69) is 90.1 Å². The fraction of sp³-hybridized carbons (Fsp3) is 0.308. The minimum Gasteiger partial charge on any atom is -0.250 e. The second-order valence-electron chi connectivity index (χ2n) is 8.55. The molecule has 0 bridgehead atoms. The van der Waals surface area contributed by atoms with Crippen LogP contribution >= 0.6 is 0 Å². The van der Waals surface area contributed by atoms with Crippen LogP contribution in [0.3, 0.4) is 0 Å². The third-order valence-corrected chi connectivity index (χ3v) is 5.37. The molecule has 4 rings (SSSR count). The van der Waals surface area contributed by atoms with Crippen molar-refractivity contribution in [2.45, 2.75) is 53.4 Å². The van der Waals surface area contributed by atoms with Gasteiger partial charge in [-0.25, -0.2) is 4.98 Å². The van der Waals surface area contributed by atoms with Crippen molar-refractivity contribution >= 4 is 21.8 Å². The summed E-state index contributed by atoms with van der Waals surface area (Å²) in [5.41, 5.74) is 9.33. The molecule has 0 unspecified atom stereocenters. The van der Waals surface area contributed by atoms with E-state index < -0.39 is 0 Å². The Balaban J connectivity index is 2.05. The second-order valence-corrected chi connectivity index (χ2v) is 8.55. The van der Waals surface area contributed by atoms with E-state index in [1.54, 1.807) is 0 Å². The lowest BCUT2D eigenvalue weighted by molar-refractivity contribution is 0.827. The average molecular weight is 369 g/mol. The molecule has 2 aromatic heterocycles. The number of hydrogen-bond acceptors (Lipinski definition) is 2. The molecule has 0 N–H and O–H groups in total. The molecule has 142 valence electrons. The molecule has 2 heterocycles. The molecule has 4 aromatic rings. The molecule has 0 aliphatic heterocycles. The van der Waals surface area contributed by atoms with Gasteiger partial charge in [0, 0.05) is 22.0 Å². The smallest absolute Gasteiger partial charge is 0.0968 e. The quantitative estimate of drug-likeness (QED) is 0.354. The summed E-state index contributed by atoms with van der Waals surface area (Å²) in [6.07, 6.45) is 0.